The van der Waals surface area contributed by atoms with Gasteiger partial charge in [0.2, 0.25) is 15.4 Å². The van der Waals surface area contributed by atoms with E-state index >= 15 is 0 Å². The van der Waals surface area contributed by atoms with Gasteiger partial charge in [-0.2, -0.15) is 4.31 Å². The highest BCUT2D eigenvalue weighted by molar-refractivity contribution is 7.89. The van der Waals surface area contributed by atoms with Gasteiger partial charge < -0.3 is 5.11 Å². The summed E-state index contributed by atoms with van der Waals surface area (Å²) in [5.41, 5.74) is -0.230. The molecule has 0 radical (unpaired) electrons. The SMILES string of the molecule is CC(C(O)=C[N+]#N)N(C)S(=O)(=O)c1ccc([N+](=O)[O-])cc1. The predicted octanol–water partition coefficient (Wildman–Crippen LogP) is 1.86. The van der Waals surface area contributed by atoms with E-state index in [1.807, 2.05) is 0 Å². The van der Waals surface area contributed by atoms with E-state index in [1.165, 1.54) is 14.0 Å². The van der Waals surface area contributed by atoms with E-state index in [-0.39, 0.29) is 10.6 Å². The summed E-state index contributed by atoms with van der Waals surface area (Å²) in [5, 5.41) is 28.4. The molecule has 0 spiro atoms. The molecular formula is C11H13N4O5S+. The fourth-order valence-corrected chi connectivity index (χ4v) is 2.80. The number of nitro benzene ring substituents is 1. The highest BCUT2D eigenvalue weighted by atomic mass is 32.2. The molecule has 0 aliphatic rings. The van der Waals surface area contributed by atoms with Crippen LogP contribution in [0.5, 0.6) is 0 Å². The molecule has 0 aliphatic heterocycles. The fourth-order valence-electron chi connectivity index (χ4n) is 1.47. The van der Waals surface area contributed by atoms with Crippen LogP contribution < -0.4 is 0 Å². The van der Waals surface area contributed by atoms with Crippen molar-refractivity contribution in [3.8, 4) is 0 Å². The van der Waals surface area contributed by atoms with Gasteiger partial charge in [-0.25, -0.2) is 8.42 Å². The lowest BCUT2D eigenvalue weighted by Crippen LogP contribution is -2.36. The molecule has 1 rings (SSSR count). The summed E-state index contributed by atoms with van der Waals surface area (Å²) in [6.07, 6.45) is 0.715. The van der Waals surface area contributed by atoms with E-state index in [0.717, 1.165) is 28.6 Å². The monoisotopic (exact) mass is 313 g/mol. The minimum absolute atomic E-state index is 0.156. The molecule has 10 heteroatoms. The number of nitrogens with zero attached hydrogens (tertiary/aromatic N) is 4. The van der Waals surface area contributed by atoms with Crippen LogP contribution in [-0.4, -0.2) is 35.8 Å². The van der Waals surface area contributed by atoms with Crippen molar-refractivity contribution in [1.29, 1.82) is 5.39 Å². The molecule has 1 atom stereocenters. The largest absolute Gasteiger partial charge is 0.504 e. The quantitative estimate of drug-likeness (QED) is 0.382. The third kappa shape index (κ3) is 3.53. The highest BCUT2D eigenvalue weighted by Crippen LogP contribution is 2.21. The van der Waals surface area contributed by atoms with E-state index in [9.17, 15) is 23.6 Å². The van der Waals surface area contributed by atoms with Crippen LogP contribution in [0.1, 0.15) is 6.92 Å². The summed E-state index contributed by atoms with van der Waals surface area (Å²) in [5.74, 6) is -0.453. The molecular weight excluding hydrogens is 300 g/mol. The fraction of sp³-hybridized carbons (Fsp3) is 0.273. The molecule has 1 aromatic carbocycles. The van der Waals surface area contributed by atoms with Gasteiger partial charge in [0.05, 0.1) is 15.9 Å². The molecule has 0 aliphatic carbocycles. The summed E-state index contributed by atoms with van der Waals surface area (Å²) in [6, 6.07) is 3.39. The zero-order valence-corrected chi connectivity index (χ0v) is 12.1. The van der Waals surface area contributed by atoms with Crippen molar-refractivity contribution < 1.29 is 18.4 Å². The van der Waals surface area contributed by atoms with Crippen molar-refractivity contribution in [1.82, 2.24) is 4.31 Å². The van der Waals surface area contributed by atoms with Crippen molar-refractivity contribution in [3.05, 3.63) is 51.3 Å². The van der Waals surface area contributed by atoms with E-state index in [2.05, 4.69) is 4.98 Å². The van der Waals surface area contributed by atoms with Gasteiger partial charge >= 0.3 is 6.20 Å². The molecule has 1 aromatic rings. The first kappa shape index (κ1) is 16.5. The average molecular weight is 313 g/mol. The maximum Gasteiger partial charge on any atom is 0.389 e. The Morgan fingerprint density at radius 1 is 1.48 bits per heavy atom. The summed E-state index contributed by atoms with van der Waals surface area (Å²) < 4.78 is 25.4. The van der Waals surface area contributed by atoms with Crippen molar-refractivity contribution >= 4 is 15.7 Å². The maximum absolute atomic E-state index is 12.3. The molecule has 9 nitrogen and oxygen atoms in total. The maximum atomic E-state index is 12.3. The van der Waals surface area contributed by atoms with Gasteiger partial charge in [-0.05, 0) is 19.1 Å². The molecule has 0 saturated carbocycles. The van der Waals surface area contributed by atoms with Gasteiger partial charge in [0.1, 0.15) is 0 Å². The summed E-state index contributed by atoms with van der Waals surface area (Å²) in [4.78, 5) is 12.4. The van der Waals surface area contributed by atoms with Crippen molar-refractivity contribution in [2.75, 3.05) is 7.05 Å². The van der Waals surface area contributed by atoms with Crippen molar-refractivity contribution in [2.45, 2.75) is 17.9 Å². The Balaban J connectivity index is 3.13. The minimum Gasteiger partial charge on any atom is -0.504 e. The van der Waals surface area contributed by atoms with Crippen molar-refractivity contribution in [3.63, 3.8) is 0 Å². The van der Waals surface area contributed by atoms with Crippen LogP contribution in [0.2, 0.25) is 0 Å². The third-order valence-electron chi connectivity index (χ3n) is 2.89. The van der Waals surface area contributed by atoms with Crippen LogP contribution in [0.25, 0.3) is 4.98 Å². The zero-order valence-electron chi connectivity index (χ0n) is 11.2. The molecule has 0 fully saturated rings. The number of non-ortho nitro benzene ring substituents is 1. The van der Waals surface area contributed by atoms with Gasteiger partial charge in [-0.3, -0.25) is 10.1 Å². The van der Waals surface area contributed by atoms with Gasteiger partial charge in [0.25, 0.3) is 5.69 Å². The van der Waals surface area contributed by atoms with E-state index in [4.69, 9.17) is 5.39 Å². The zero-order chi connectivity index (χ0) is 16.2. The first-order valence-electron chi connectivity index (χ1n) is 5.67. The second-order valence-electron chi connectivity index (χ2n) is 4.12. The lowest BCUT2D eigenvalue weighted by Gasteiger charge is -2.22. The topological polar surface area (TPSA) is 129 Å². The van der Waals surface area contributed by atoms with Crippen LogP contribution in [0.4, 0.5) is 5.69 Å². The minimum atomic E-state index is -3.96. The Hall–Kier alpha value is -2.51. The third-order valence-corrected chi connectivity index (χ3v) is 4.83. The molecule has 0 amide bonds. The Labute approximate surface area is 120 Å². The van der Waals surface area contributed by atoms with Gasteiger partial charge in [0.15, 0.2) is 10.7 Å². The summed E-state index contributed by atoms with van der Waals surface area (Å²) >= 11 is 0. The molecule has 21 heavy (non-hydrogen) atoms. The molecule has 0 saturated heterocycles. The first-order valence-corrected chi connectivity index (χ1v) is 7.11. The smallest absolute Gasteiger partial charge is 0.389 e. The Kier molecular flexibility index (Phi) is 4.96. The lowest BCUT2D eigenvalue weighted by molar-refractivity contribution is -0.384. The Morgan fingerprint density at radius 3 is 2.43 bits per heavy atom. The van der Waals surface area contributed by atoms with E-state index in [1.54, 1.807) is 0 Å². The molecule has 1 unspecified atom stereocenters. The average Bonchev–Trinajstić information content (AvgIpc) is 2.45. The molecule has 0 bridgehead atoms. The van der Waals surface area contributed by atoms with Gasteiger partial charge in [-0.1, -0.05) is 0 Å². The second-order valence-corrected chi connectivity index (χ2v) is 6.12. The van der Waals surface area contributed by atoms with Crippen LogP contribution in [0, 0.1) is 15.5 Å². The number of sulfonamides is 1. The van der Waals surface area contributed by atoms with E-state index in [0.29, 0.717) is 6.20 Å². The first-order chi connectivity index (χ1) is 9.71. The molecule has 0 aromatic heterocycles. The lowest BCUT2D eigenvalue weighted by atomic mass is 10.3. The number of benzene rings is 1. The van der Waals surface area contributed by atoms with Crippen molar-refractivity contribution in [2.24, 2.45) is 0 Å². The number of likely N-dealkylation sites (N-methyl/N-ethyl adjacent to an activating group) is 1. The number of diazo groups is 1. The number of hydrogen-bond donors (Lipinski definition) is 1. The Morgan fingerprint density at radius 2 is 2.00 bits per heavy atom. The molecule has 0 heterocycles. The predicted molar refractivity (Wildman–Crippen MR) is 73.3 cm³/mol. The van der Waals surface area contributed by atoms with Gasteiger partial charge in [0, 0.05) is 19.2 Å². The number of hydrogen-bond acceptors (Lipinski definition) is 6. The van der Waals surface area contributed by atoms with Crippen LogP contribution in [0.3, 0.4) is 0 Å². The molecule has 112 valence electrons. The van der Waals surface area contributed by atoms with Crippen LogP contribution in [0.15, 0.2) is 41.1 Å². The highest BCUT2D eigenvalue weighted by Gasteiger charge is 2.29. The van der Waals surface area contributed by atoms with Crippen LogP contribution >= 0.6 is 0 Å². The van der Waals surface area contributed by atoms with E-state index < -0.39 is 26.7 Å². The Bertz CT molecular complexity index is 705. The summed E-state index contributed by atoms with van der Waals surface area (Å²) in [7, 11) is -2.73. The van der Waals surface area contributed by atoms with Gasteiger partial charge in [-0.15, -0.1) is 0 Å². The van der Waals surface area contributed by atoms with Crippen LogP contribution in [-0.2, 0) is 10.0 Å². The summed E-state index contributed by atoms with van der Waals surface area (Å²) in [6.45, 7) is 1.39. The normalized spacial score (nSPS) is 13.7. The number of rotatable bonds is 5. The number of nitro groups is 1. The number of aliphatic hydroxyl groups is 1. The standard InChI is InChI=1S/C11H12N4O5S/c1-8(11(16)7-13-12)14(2)21(19,20)10-5-3-9(4-6-10)15(17)18/h3-8H,1-2H3/p+1. The molecule has 1 N–H and O–H groups in total. The number of aliphatic hydroxyl groups excluding tert-OH is 1. The second kappa shape index (κ2) is 6.29.